The van der Waals surface area contributed by atoms with Gasteiger partial charge in [-0.25, -0.2) is 9.97 Å². The predicted octanol–water partition coefficient (Wildman–Crippen LogP) is 14.7. The number of aromatic nitrogens is 2. The molecule has 1 aliphatic carbocycles. The van der Waals surface area contributed by atoms with Gasteiger partial charge in [0.05, 0.1) is 11.4 Å². The number of fused-ring (bicyclic) bond motifs is 6. The number of nitrogens with zero attached hydrogens (tertiary/aromatic N) is 2. The van der Waals surface area contributed by atoms with Gasteiger partial charge in [-0.05, 0) is 98.1 Å². The summed E-state index contributed by atoms with van der Waals surface area (Å²) in [6.07, 6.45) is 0. The molecule has 0 bridgehead atoms. The van der Waals surface area contributed by atoms with Gasteiger partial charge < -0.3 is 4.42 Å². The molecule has 0 saturated carbocycles. The molecule has 0 saturated heterocycles. The summed E-state index contributed by atoms with van der Waals surface area (Å²) in [7, 11) is 0. The van der Waals surface area contributed by atoms with Gasteiger partial charge >= 0.3 is 0 Å². The van der Waals surface area contributed by atoms with E-state index in [0.29, 0.717) is 5.82 Å². The Hall–Kier alpha value is -7.36. The van der Waals surface area contributed by atoms with Crippen LogP contribution in [0.4, 0.5) is 0 Å². The maximum atomic E-state index is 6.20. The van der Waals surface area contributed by atoms with Crippen molar-refractivity contribution in [1.82, 2.24) is 9.97 Å². The molecule has 0 unspecified atom stereocenters. The highest BCUT2D eigenvalue weighted by Gasteiger charge is 2.36. The van der Waals surface area contributed by atoms with Gasteiger partial charge in [0.2, 0.25) is 0 Å². The van der Waals surface area contributed by atoms with Crippen LogP contribution >= 0.6 is 0 Å². The Kier molecular flexibility index (Phi) is 7.84. The van der Waals surface area contributed by atoms with Crippen LogP contribution < -0.4 is 0 Å². The Morgan fingerprint density at radius 1 is 0.362 bits per heavy atom. The average molecular weight is 743 g/mol. The lowest BCUT2D eigenvalue weighted by atomic mass is 9.82. The first-order valence-corrected chi connectivity index (χ1v) is 19.9. The second kappa shape index (κ2) is 13.4. The van der Waals surface area contributed by atoms with Crippen molar-refractivity contribution >= 4 is 21.9 Å². The summed E-state index contributed by atoms with van der Waals surface area (Å²) in [4.78, 5) is 10.5. The topological polar surface area (TPSA) is 38.9 Å². The molecule has 11 rings (SSSR count). The molecule has 3 nitrogen and oxygen atoms in total. The molecule has 3 heteroatoms. The lowest BCUT2D eigenvalue weighted by molar-refractivity contribution is 0.660. The minimum Gasteiger partial charge on any atom is -0.456 e. The molecular formula is C55H38N2O. The van der Waals surface area contributed by atoms with Crippen LogP contribution in [0.1, 0.15) is 25.0 Å². The Bertz CT molecular complexity index is 3180. The molecule has 0 fully saturated rings. The Labute approximate surface area is 338 Å². The van der Waals surface area contributed by atoms with Gasteiger partial charge in [-0.15, -0.1) is 0 Å². The normalized spacial score (nSPS) is 12.8. The van der Waals surface area contributed by atoms with Crippen LogP contribution in [-0.2, 0) is 5.41 Å². The van der Waals surface area contributed by atoms with E-state index in [9.17, 15) is 0 Å². The molecule has 0 amide bonds. The SMILES string of the molecule is CC1(C)c2ccccc2-c2c(-c3ccc(-c4cc(-c5cc(-c6ccccc6)cc(-c6ccc7oc8ccccc8c7c6)c5)nc(-c5ccccc5)n4)cc3)cccc21. The van der Waals surface area contributed by atoms with Crippen molar-refractivity contribution < 1.29 is 4.42 Å². The first-order chi connectivity index (χ1) is 28.5. The van der Waals surface area contributed by atoms with E-state index in [0.717, 1.165) is 72.3 Å². The highest BCUT2D eigenvalue weighted by Crippen LogP contribution is 2.52. The summed E-state index contributed by atoms with van der Waals surface area (Å²) in [6.45, 7) is 4.67. The first kappa shape index (κ1) is 33.9. The van der Waals surface area contributed by atoms with Crippen LogP contribution in [0.3, 0.4) is 0 Å². The molecule has 274 valence electrons. The van der Waals surface area contributed by atoms with E-state index in [1.807, 2.05) is 30.3 Å². The zero-order valence-electron chi connectivity index (χ0n) is 32.3. The van der Waals surface area contributed by atoms with E-state index in [1.54, 1.807) is 0 Å². The average Bonchev–Trinajstić information content (AvgIpc) is 3.78. The molecule has 10 aromatic rings. The van der Waals surface area contributed by atoms with Crippen LogP contribution in [0.15, 0.2) is 199 Å². The summed E-state index contributed by atoms with van der Waals surface area (Å²) >= 11 is 0. The highest BCUT2D eigenvalue weighted by atomic mass is 16.3. The lowest BCUT2D eigenvalue weighted by Crippen LogP contribution is -2.14. The van der Waals surface area contributed by atoms with Crippen molar-refractivity contribution in [2.75, 3.05) is 0 Å². The molecule has 0 spiro atoms. The number of hydrogen-bond acceptors (Lipinski definition) is 3. The van der Waals surface area contributed by atoms with Crippen LogP contribution in [-0.4, -0.2) is 9.97 Å². The lowest BCUT2D eigenvalue weighted by Gasteiger charge is -2.21. The molecule has 1 aliphatic rings. The van der Waals surface area contributed by atoms with E-state index in [2.05, 4.69) is 178 Å². The maximum Gasteiger partial charge on any atom is 0.160 e. The maximum absolute atomic E-state index is 6.20. The largest absolute Gasteiger partial charge is 0.456 e. The third-order valence-corrected chi connectivity index (χ3v) is 11.9. The number of para-hydroxylation sites is 1. The fourth-order valence-corrected chi connectivity index (χ4v) is 8.92. The molecule has 0 radical (unpaired) electrons. The summed E-state index contributed by atoms with van der Waals surface area (Å²) in [5, 5.41) is 2.22. The van der Waals surface area contributed by atoms with Crippen molar-refractivity contribution in [3.05, 3.63) is 205 Å². The molecule has 58 heavy (non-hydrogen) atoms. The molecular weight excluding hydrogens is 705 g/mol. The number of rotatable bonds is 6. The number of furan rings is 1. The smallest absolute Gasteiger partial charge is 0.160 e. The Balaban J connectivity index is 1.05. The van der Waals surface area contributed by atoms with Crippen molar-refractivity contribution in [3.8, 4) is 78.4 Å². The van der Waals surface area contributed by atoms with Crippen LogP contribution in [0.2, 0.25) is 0 Å². The van der Waals surface area contributed by atoms with Gasteiger partial charge in [-0.1, -0.05) is 166 Å². The van der Waals surface area contributed by atoms with Gasteiger partial charge in [0.1, 0.15) is 11.2 Å². The zero-order chi connectivity index (χ0) is 38.8. The first-order valence-electron chi connectivity index (χ1n) is 19.9. The standard InChI is InChI=1S/C55H38N2O/c1-55(2)47-21-11-9-19-45(47)53-43(20-13-22-48(53)55)36-24-26-37(27-25-36)49-34-50(57-54(56-49)38-16-7-4-8-17-38)42-31-40(35-14-5-3-6-15-35)30-41(32-42)39-28-29-52-46(33-39)44-18-10-12-23-51(44)58-52/h3-34H,1-2H3. The van der Waals surface area contributed by atoms with E-state index in [1.165, 1.54) is 33.4 Å². The van der Waals surface area contributed by atoms with Gasteiger partial charge in [0, 0.05) is 32.9 Å². The third kappa shape index (κ3) is 5.66. The molecule has 0 N–H and O–H groups in total. The number of hydrogen-bond donors (Lipinski definition) is 0. The third-order valence-electron chi connectivity index (χ3n) is 11.9. The highest BCUT2D eigenvalue weighted by molar-refractivity contribution is 6.06. The summed E-state index contributed by atoms with van der Waals surface area (Å²) < 4.78 is 6.20. The van der Waals surface area contributed by atoms with Crippen molar-refractivity contribution in [3.63, 3.8) is 0 Å². The fourth-order valence-electron chi connectivity index (χ4n) is 8.92. The van der Waals surface area contributed by atoms with Crippen LogP contribution in [0, 0.1) is 0 Å². The minimum absolute atomic E-state index is 0.0505. The van der Waals surface area contributed by atoms with Crippen LogP contribution in [0.25, 0.3) is 100 Å². The Morgan fingerprint density at radius 3 is 1.72 bits per heavy atom. The Morgan fingerprint density at radius 2 is 0.931 bits per heavy atom. The second-order valence-corrected chi connectivity index (χ2v) is 15.8. The van der Waals surface area contributed by atoms with Crippen LogP contribution in [0.5, 0.6) is 0 Å². The summed E-state index contributed by atoms with van der Waals surface area (Å²) in [5.41, 5.74) is 18.8. The molecule has 0 aliphatic heterocycles. The van der Waals surface area contributed by atoms with Crippen molar-refractivity contribution in [2.24, 2.45) is 0 Å². The zero-order valence-corrected chi connectivity index (χ0v) is 32.3. The molecule has 2 heterocycles. The monoisotopic (exact) mass is 742 g/mol. The minimum atomic E-state index is -0.0505. The predicted molar refractivity (Wildman–Crippen MR) is 239 cm³/mol. The van der Waals surface area contributed by atoms with E-state index in [-0.39, 0.29) is 5.41 Å². The van der Waals surface area contributed by atoms with Crippen molar-refractivity contribution in [2.45, 2.75) is 19.3 Å². The quantitative estimate of drug-likeness (QED) is 0.170. The van der Waals surface area contributed by atoms with E-state index < -0.39 is 0 Å². The van der Waals surface area contributed by atoms with E-state index in [4.69, 9.17) is 14.4 Å². The van der Waals surface area contributed by atoms with Gasteiger partial charge in [0.15, 0.2) is 5.82 Å². The summed E-state index contributed by atoms with van der Waals surface area (Å²) in [5.74, 6) is 0.690. The molecule has 0 atom stereocenters. The molecule has 8 aromatic carbocycles. The fraction of sp³-hybridized carbons (Fsp3) is 0.0545. The second-order valence-electron chi connectivity index (χ2n) is 15.8. The van der Waals surface area contributed by atoms with Gasteiger partial charge in [-0.3, -0.25) is 0 Å². The van der Waals surface area contributed by atoms with Gasteiger partial charge in [0.25, 0.3) is 0 Å². The number of benzene rings is 8. The van der Waals surface area contributed by atoms with Gasteiger partial charge in [-0.2, -0.15) is 0 Å². The molecule has 2 aromatic heterocycles. The van der Waals surface area contributed by atoms with Crippen molar-refractivity contribution in [1.29, 1.82) is 0 Å². The van der Waals surface area contributed by atoms with E-state index >= 15 is 0 Å². The summed E-state index contributed by atoms with van der Waals surface area (Å²) in [6, 6.07) is 69.0.